The fraction of sp³-hybridized carbons (Fsp3) is 0.500. The fourth-order valence-corrected chi connectivity index (χ4v) is 4.70. The summed E-state index contributed by atoms with van der Waals surface area (Å²) in [4.78, 5) is 37.1. The van der Waals surface area contributed by atoms with Crippen molar-refractivity contribution in [2.75, 3.05) is 45.8 Å². The summed E-state index contributed by atoms with van der Waals surface area (Å²) >= 11 is 1.80. The Bertz CT molecular complexity index is 847. The molecule has 0 saturated carbocycles. The molecule has 1 unspecified atom stereocenters. The summed E-state index contributed by atoms with van der Waals surface area (Å²) < 4.78 is 0. The molecule has 4 heterocycles. The molecule has 1 atom stereocenters. The van der Waals surface area contributed by atoms with Gasteiger partial charge < -0.3 is 15.1 Å². The van der Waals surface area contributed by atoms with Crippen molar-refractivity contribution in [3.63, 3.8) is 0 Å². The highest BCUT2D eigenvalue weighted by atomic mass is 32.1. The van der Waals surface area contributed by atoms with E-state index in [2.05, 4.69) is 32.7 Å². The number of carbonyl (C=O) groups excluding carboxylic acids is 2. The van der Waals surface area contributed by atoms with Gasteiger partial charge in [-0.1, -0.05) is 6.07 Å². The van der Waals surface area contributed by atoms with Gasteiger partial charge in [-0.15, -0.1) is 11.3 Å². The van der Waals surface area contributed by atoms with Crippen molar-refractivity contribution < 1.29 is 9.59 Å². The van der Waals surface area contributed by atoms with Crippen LogP contribution in [-0.4, -0.2) is 83.5 Å². The Balaban J connectivity index is 1.19. The van der Waals surface area contributed by atoms with Crippen molar-refractivity contribution in [2.45, 2.75) is 25.8 Å². The number of aromatic nitrogens is 1. The fourth-order valence-electron chi connectivity index (χ4n) is 4.00. The summed E-state index contributed by atoms with van der Waals surface area (Å²) in [6.45, 7) is 7.49. The lowest BCUT2D eigenvalue weighted by Crippen LogP contribution is -2.54. The van der Waals surface area contributed by atoms with Crippen LogP contribution in [0.2, 0.25) is 0 Å². The molecule has 2 aromatic heterocycles. The highest BCUT2D eigenvalue weighted by Gasteiger charge is 2.30. The van der Waals surface area contributed by atoms with E-state index in [1.54, 1.807) is 22.4 Å². The third kappa shape index (κ3) is 5.17. The minimum Gasteiger partial charge on any atom is -0.336 e. The molecule has 2 fully saturated rings. The SMILES string of the molecule is Cc1ccc(C(=O)N2CCC(NC(=O)N3CCN(CCc4cccs4)CC3)C2)cn1. The monoisotopic (exact) mass is 427 g/mol. The molecule has 4 rings (SSSR count). The van der Waals surface area contributed by atoms with Gasteiger partial charge in [-0.3, -0.25) is 14.7 Å². The van der Waals surface area contributed by atoms with E-state index in [0.717, 1.165) is 51.3 Å². The molecule has 2 aromatic rings. The molecule has 0 aliphatic carbocycles. The van der Waals surface area contributed by atoms with Crippen LogP contribution in [0.4, 0.5) is 4.79 Å². The summed E-state index contributed by atoms with van der Waals surface area (Å²) in [6.07, 6.45) is 3.49. The number of piperazine rings is 1. The Hall–Kier alpha value is -2.45. The van der Waals surface area contributed by atoms with E-state index in [9.17, 15) is 9.59 Å². The number of nitrogens with one attached hydrogen (secondary N) is 1. The van der Waals surface area contributed by atoms with E-state index in [1.807, 2.05) is 24.0 Å². The second-order valence-corrected chi connectivity index (χ2v) is 9.06. The predicted octanol–water partition coefficient (Wildman–Crippen LogP) is 2.24. The molecule has 30 heavy (non-hydrogen) atoms. The van der Waals surface area contributed by atoms with Gasteiger partial charge in [0, 0.05) is 68.6 Å². The van der Waals surface area contributed by atoms with Crippen LogP contribution < -0.4 is 5.32 Å². The number of aryl methyl sites for hydroxylation is 1. The zero-order chi connectivity index (χ0) is 20.9. The second kappa shape index (κ2) is 9.57. The molecular weight excluding hydrogens is 398 g/mol. The van der Waals surface area contributed by atoms with Crippen LogP contribution in [0.25, 0.3) is 0 Å². The van der Waals surface area contributed by atoms with E-state index in [-0.39, 0.29) is 18.0 Å². The van der Waals surface area contributed by atoms with Gasteiger partial charge in [0.25, 0.3) is 5.91 Å². The van der Waals surface area contributed by atoms with Gasteiger partial charge >= 0.3 is 6.03 Å². The van der Waals surface area contributed by atoms with Gasteiger partial charge in [-0.2, -0.15) is 0 Å². The summed E-state index contributed by atoms with van der Waals surface area (Å²) in [5.41, 5.74) is 1.50. The quantitative estimate of drug-likeness (QED) is 0.795. The number of pyridine rings is 1. The average molecular weight is 428 g/mol. The molecule has 8 heteroatoms. The van der Waals surface area contributed by atoms with Crippen molar-refractivity contribution in [3.05, 3.63) is 52.0 Å². The molecule has 0 radical (unpaired) electrons. The smallest absolute Gasteiger partial charge is 0.317 e. The van der Waals surface area contributed by atoms with Crippen molar-refractivity contribution >= 4 is 23.3 Å². The molecule has 2 aliphatic heterocycles. The molecule has 2 aliphatic rings. The van der Waals surface area contributed by atoms with E-state index >= 15 is 0 Å². The summed E-state index contributed by atoms with van der Waals surface area (Å²) in [5, 5.41) is 5.24. The lowest BCUT2D eigenvalue weighted by atomic mass is 10.2. The maximum absolute atomic E-state index is 12.7. The van der Waals surface area contributed by atoms with E-state index in [0.29, 0.717) is 18.7 Å². The van der Waals surface area contributed by atoms with Crippen LogP contribution in [0.15, 0.2) is 35.8 Å². The number of carbonyl (C=O) groups is 2. The van der Waals surface area contributed by atoms with Gasteiger partial charge in [0.2, 0.25) is 0 Å². The first-order chi connectivity index (χ1) is 14.6. The van der Waals surface area contributed by atoms with Crippen LogP contribution in [0.3, 0.4) is 0 Å². The first-order valence-corrected chi connectivity index (χ1v) is 11.5. The molecular formula is C22H29N5O2S. The molecule has 0 spiro atoms. The summed E-state index contributed by atoms with van der Waals surface area (Å²) in [7, 11) is 0. The van der Waals surface area contributed by atoms with Crippen LogP contribution in [0.1, 0.15) is 27.3 Å². The highest BCUT2D eigenvalue weighted by Crippen LogP contribution is 2.15. The molecule has 0 aromatic carbocycles. The minimum atomic E-state index is -0.0152. The first kappa shape index (κ1) is 20.8. The minimum absolute atomic E-state index is 0.00999. The second-order valence-electron chi connectivity index (χ2n) is 8.03. The first-order valence-electron chi connectivity index (χ1n) is 10.6. The summed E-state index contributed by atoms with van der Waals surface area (Å²) in [5.74, 6) is -0.0152. The standard InChI is InChI=1S/C22H29N5O2S/c1-17-4-5-18(15-23-17)21(28)27-9-6-19(16-27)24-22(29)26-12-10-25(11-13-26)8-7-20-3-2-14-30-20/h2-5,14-15,19H,6-13,16H2,1H3,(H,24,29). The zero-order valence-electron chi connectivity index (χ0n) is 17.4. The number of rotatable bonds is 5. The Labute approximate surface area is 181 Å². The third-order valence-corrected chi connectivity index (χ3v) is 6.81. The number of amides is 3. The van der Waals surface area contributed by atoms with Gasteiger partial charge in [0.1, 0.15) is 0 Å². The van der Waals surface area contributed by atoms with E-state index < -0.39 is 0 Å². The van der Waals surface area contributed by atoms with Gasteiger partial charge in [-0.05, 0) is 43.3 Å². The zero-order valence-corrected chi connectivity index (χ0v) is 18.2. The highest BCUT2D eigenvalue weighted by molar-refractivity contribution is 7.09. The lowest BCUT2D eigenvalue weighted by molar-refractivity contribution is 0.0788. The Morgan fingerprint density at radius 3 is 2.67 bits per heavy atom. The number of likely N-dealkylation sites (tertiary alicyclic amines) is 1. The van der Waals surface area contributed by atoms with Crippen molar-refractivity contribution in [2.24, 2.45) is 0 Å². The molecule has 7 nitrogen and oxygen atoms in total. The van der Waals surface area contributed by atoms with Crippen LogP contribution in [-0.2, 0) is 6.42 Å². The predicted molar refractivity (Wildman–Crippen MR) is 118 cm³/mol. The number of nitrogens with zero attached hydrogens (tertiary/aromatic N) is 4. The van der Waals surface area contributed by atoms with Gasteiger partial charge in [0.05, 0.1) is 5.56 Å². The molecule has 3 amide bonds. The third-order valence-electron chi connectivity index (χ3n) is 5.88. The molecule has 2 saturated heterocycles. The lowest BCUT2D eigenvalue weighted by Gasteiger charge is -2.35. The normalized spacial score (nSPS) is 19.8. The van der Waals surface area contributed by atoms with E-state index in [1.165, 1.54) is 4.88 Å². The molecule has 160 valence electrons. The van der Waals surface area contributed by atoms with Crippen molar-refractivity contribution in [1.82, 2.24) is 25.0 Å². The maximum Gasteiger partial charge on any atom is 0.317 e. The average Bonchev–Trinajstić information content (AvgIpc) is 3.45. The van der Waals surface area contributed by atoms with Crippen molar-refractivity contribution in [3.8, 4) is 0 Å². The largest absolute Gasteiger partial charge is 0.336 e. The maximum atomic E-state index is 12.7. The number of urea groups is 1. The summed E-state index contributed by atoms with van der Waals surface area (Å²) in [6, 6.07) is 7.94. The Morgan fingerprint density at radius 1 is 1.13 bits per heavy atom. The topological polar surface area (TPSA) is 68.8 Å². The van der Waals surface area contributed by atoms with Crippen LogP contribution in [0, 0.1) is 6.92 Å². The van der Waals surface area contributed by atoms with Crippen LogP contribution in [0.5, 0.6) is 0 Å². The van der Waals surface area contributed by atoms with Gasteiger partial charge in [-0.25, -0.2) is 4.79 Å². The molecule has 1 N–H and O–H groups in total. The van der Waals surface area contributed by atoms with Crippen molar-refractivity contribution in [1.29, 1.82) is 0 Å². The van der Waals surface area contributed by atoms with E-state index in [4.69, 9.17) is 0 Å². The number of hydrogen-bond donors (Lipinski definition) is 1. The number of hydrogen-bond acceptors (Lipinski definition) is 5. The Kier molecular flexibility index (Phi) is 6.64. The number of thiophene rings is 1. The Morgan fingerprint density at radius 2 is 1.97 bits per heavy atom. The van der Waals surface area contributed by atoms with Gasteiger partial charge in [0.15, 0.2) is 0 Å². The molecule has 0 bridgehead atoms. The van der Waals surface area contributed by atoms with Crippen LogP contribution >= 0.6 is 11.3 Å².